The number of ether oxygens (including phenoxy) is 1. The topological polar surface area (TPSA) is 44.1 Å². The number of halogens is 1. The molecule has 4 nitrogen and oxygen atoms in total. The molecule has 0 aliphatic heterocycles. The van der Waals surface area contributed by atoms with Crippen LogP contribution in [0.4, 0.5) is 4.39 Å². The van der Waals surface area contributed by atoms with Gasteiger partial charge in [0.25, 0.3) is 0 Å². The molecule has 0 fully saturated rings. The van der Waals surface area contributed by atoms with E-state index in [9.17, 15) is 9.18 Å². The largest absolute Gasteiger partial charge is 0.450 e. The summed E-state index contributed by atoms with van der Waals surface area (Å²) in [6.45, 7) is 1.37. The third kappa shape index (κ3) is 2.33. The highest BCUT2D eigenvalue weighted by atomic mass is 19.1. The van der Waals surface area contributed by atoms with Gasteiger partial charge in [-0.2, -0.15) is 5.10 Å². The Kier molecular flexibility index (Phi) is 2.91. The molecule has 2 aromatic rings. The van der Waals surface area contributed by atoms with Gasteiger partial charge in [-0.05, 0) is 19.1 Å². The van der Waals surface area contributed by atoms with E-state index < -0.39 is 5.82 Å². The Bertz CT molecular complexity index is 563. The summed E-state index contributed by atoms with van der Waals surface area (Å²) in [7, 11) is 1.72. The number of ketones is 1. The van der Waals surface area contributed by atoms with Crippen molar-refractivity contribution in [3.8, 4) is 11.5 Å². The molecule has 88 valence electrons. The predicted molar refractivity (Wildman–Crippen MR) is 59.7 cm³/mol. The highest BCUT2D eigenvalue weighted by molar-refractivity contribution is 5.96. The summed E-state index contributed by atoms with van der Waals surface area (Å²) in [6.07, 6.45) is 3.05. The number of carbonyl (C=O) groups is 1. The van der Waals surface area contributed by atoms with E-state index in [0.29, 0.717) is 5.75 Å². The second-order valence-corrected chi connectivity index (χ2v) is 3.62. The number of hydrogen-bond donors (Lipinski definition) is 0. The van der Waals surface area contributed by atoms with Gasteiger partial charge in [0.15, 0.2) is 23.1 Å². The zero-order valence-electron chi connectivity index (χ0n) is 9.48. The van der Waals surface area contributed by atoms with E-state index >= 15 is 0 Å². The maximum atomic E-state index is 13.6. The van der Waals surface area contributed by atoms with Crippen molar-refractivity contribution in [1.29, 1.82) is 0 Å². The van der Waals surface area contributed by atoms with Crippen LogP contribution >= 0.6 is 0 Å². The van der Waals surface area contributed by atoms with Gasteiger partial charge in [0, 0.05) is 7.05 Å². The van der Waals surface area contributed by atoms with Crippen LogP contribution in [0.25, 0.3) is 0 Å². The highest BCUT2D eigenvalue weighted by Crippen LogP contribution is 2.28. The van der Waals surface area contributed by atoms with Gasteiger partial charge in [0.2, 0.25) is 0 Å². The van der Waals surface area contributed by atoms with Crippen molar-refractivity contribution in [2.24, 2.45) is 7.05 Å². The lowest BCUT2D eigenvalue weighted by Gasteiger charge is -2.08. The SMILES string of the molecule is CC(=O)c1cccc(F)c1Oc1cnn(C)c1. The minimum atomic E-state index is -0.568. The number of rotatable bonds is 3. The number of carbonyl (C=O) groups excluding carboxylic acids is 1. The van der Waals surface area contributed by atoms with Crippen LogP contribution in [0.5, 0.6) is 11.5 Å². The summed E-state index contributed by atoms with van der Waals surface area (Å²) >= 11 is 0. The van der Waals surface area contributed by atoms with E-state index in [1.54, 1.807) is 13.2 Å². The van der Waals surface area contributed by atoms with Crippen LogP contribution in [0.1, 0.15) is 17.3 Å². The normalized spacial score (nSPS) is 10.3. The van der Waals surface area contributed by atoms with Gasteiger partial charge in [0.05, 0.1) is 18.0 Å². The number of para-hydroxylation sites is 1. The minimum absolute atomic E-state index is 0.0620. The Morgan fingerprint density at radius 2 is 2.24 bits per heavy atom. The maximum absolute atomic E-state index is 13.6. The van der Waals surface area contributed by atoms with Gasteiger partial charge >= 0.3 is 0 Å². The number of nitrogens with zero attached hydrogens (tertiary/aromatic N) is 2. The third-order valence-electron chi connectivity index (χ3n) is 2.25. The van der Waals surface area contributed by atoms with Gasteiger partial charge in [0.1, 0.15) is 0 Å². The first-order valence-corrected chi connectivity index (χ1v) is 5.04. The Balaban J connectivity index is 2.40. The van der Waals surface area contributed by atoms with E-state index in [0.717, 1.165) is 0 Å². The molecule has 0 saturated carbocycles. The van der Waals surface area contributed by atoms with E-state index in [1.807, 2.05) is 0 Å². The average Bonchev–Trinajstić information content (AvgIpc) is 2.67. The minimum Gasteiger partial charge on any atom is -0.450 e. The molecule has 0 amide bonds. The van der Waals surface area contributed by atoms with Gasteiger partial charge in [-0.3, -0.25) is 9.48 Å². The number of aryl methyl sites for hydroxylation is 1. The molecular weight excluding hydrogens is 223 g/mol. The molecule has 0 saturated heterocycles. The molecule has 1 aromatic carbocycles. The lowest BCUT2D eigenvalue weighted by molar-refractivity contribution is 0.101. The molecule has 0 aliphatic rings. The summed E-state index contributed by atoms with van der Waals surface area (Å²) in [5, 5.41) is 3.90. The summed E-state index contributed by atoms with van der Waals surface area (Å²) in [5.41, 5.74) is 0.217. The van der Waals surface area contributed by atoms with Crippen LogP contribution in [0.3, 0.4) is 0 Å². The van der Waals surface area contributed by atoms with Gasteiger partial charge in [-0.1, -0.05) is 6.07 Å². The standard InChI is InChI=1S/C12H11FN2O2/c1-8(16)10-4-3-5-11(13)12(10)17-9-6-14-15(2)7-9/h3-7H,1-2H3. The van der Waals surface area contributed by atoms with Crippen LogP contribution in [-0.2, 0) is 7.05 Å². The van der Waals surface area contributed by atoms with Crippen LogP contribution in [0, 0.1) is 5.82 Å². The van der Waals surface area contributed by atoms with E-state index in [4.69, 9.17) is 4.74 Å². The molecule has 0 aliphatic carbocycles. The summed E-state index contributed by atoms with van der Waals surface area (Å²) in [4.78, 5) is 11.3. The number of hydrogen-bond acceptors (Lipinski definition) is 3. The fraction of sp³-hybridized carbons (Fsp3) is 0.167. The van der Waals surface area contributed by atoms with Gasteiger partial charge in [-0.25, -0.2) is 4.39 Å². The molecule has 17 heavy (non-hydrogen) atoms. The second kappa shape index (κ2) is 4.37. The zero-order chi connectivity index (χ0) is 12.4. The van der Waals surface area contributed by atoms with Crippen LogP contribution in [-0.4, -0.2) is 15.6 Å². The van der Waals surface area contributed by atoms with Crippen molar-refractivity contribution in [1.82, 2.24) is 9.78 Å². The molecular formula is C12H11FN2O2. The molecule has 5 heteroatoms. The van der Waals surface area contributed by atoms with Crippen molar-refractivity contribution in [2.45, 2.75) is 6.92 Å². The summed E-state index contributed by atoms with van der Waals surface area (Å²) in [6, 6.07) is 4.25. The molecule has 2 rings (SSSR count). The monoisotopic (exact) mass is 234 g/mol. The Hall–Kier alpha value is -2.17. The third-order valence-corrected chi connectivity index (χ3v) is 2.25. The average molecular weight is 234 g/mol. The fourth-order valence-electron chi connectivity index (χ4n) is 1.46. The molecule has 1 heterocycles. The first-order valence-electron chi connectivity index (χ1n) is 5.04. The second-order valence-electron chi connectivity index (χ2n) is 3.62. The zero-order valence-corrected chi connectivity index (χ0v) is 9.48. The number of aromatic nitrogens is 2. The molecule has 0 unspecified atom stereocenters. The highest BCUT2D eigenvalue weighted by Gasteiger charge is 2.14. The molecule has 0 radical (unpaired) electrons. The van der Waals surface area contributed by atoms with Crippen molar-refractivity contribution in [2.75, 3.05) is 0 Å². The van der Waals surface area contributed by atoms with E-state index in [-0.39, 0.29) is 17.1 Å². The Morgan fingerprint density at radius 3 is 2.82 bits per heavy atom. The summed E-state index contributed by atoms with van der Waals surface area (Å²) < 4.78 is 20.5. The van der Waals surface area contributed by atoms with Crippen molar-refractivity contribution < 1.29 is 13.9 Å². The van der Waals surface area contributed by atoms with E-state index in [2.05, 4.69) is 5.10 Å². The van der Waals surface area contributed by atoms with Gasteiger partial charge < -0.3 is 4.74 Å². The maximum Gasteiger partial charge on any atom is 0.173 e. The molecule has 0 bridgehead atoms. The molecule has 0 spiro atoms. The number of Topliss-reactive ketones (excluding diaryl/α,β-unsaturated/α-hetero) is 1. The van der Waals surface area contributed by atoms with Crippen molar-refractivity contribution in [3.05, 3.63) is 42.0 Å². The van der Waals surface area contributed by atoms with Crippen LogP contribution in [0.2, 0.25) is 0 Å². The molecule has 1 aromatic heterocycles. The quantitative estimate of drug-likeness (QED) is 0.766. The Morgan fingerprint density at radius 1 is 1.47 bits per heavy atom. The van der Waals surface area contributed by atoms with Crippen molar-refractivity contribution >= 4 is 5.78 Å². The smallest absolute Gasteiger partial charge is 0.173 e. The Labute approximate surface area is 97.6 Å². The molecule has 0 N–H and O–H groups in total. The van der Waals surface area contributed by atoms with Crippen LogP contribution in [0.15, 0.2) is 30.6 Å². The first kappa shape index (κ1) is 11.3. The lowest BCUT2D eigenvalue weighted by atomic mass is 10.1. The summed E-state index contributed by atoms with van der Waals surface area (Å²) in [5.74, 6) is -0.488. The van der Waals surface area contributed by atoms with Crippen LogP contribution < -0.4 is 4.74 Å². The lowest BCUT2D eigenvalue weighted by Crippen LogP contribution is -1.99. The fourth-order valence-corrected chi connectivity index (χ4v) is 1.46. The molecule has 0 atom stereocenters. The first-order chi connectivity index (χ1) is 8.08. The van der Waals surface area contributed by atoms with E-state index in [1.165, 1.54) is 36.0 Å². The van der Waals surface area contributed by atoms with Crippen molar-refractivity contribution in [3.63, 3.8) is 0 Å². The number of benzene rings is 1. The predicted octanol–water partition coefficient (Wildman–Crippen LogP) is 2.55. The van der Waals surface area contributed by atoms with Gasteiger partial charge in [-0.15, -0.1) is 0 Å².